The minimum Gasteiger partial charge on any atom is -0.396 e. The number of anilines is 2. The lowest BCUT2D eigenvalue weighted by molar-refractivity contribution is -0.141. The van der Waals surface area contributed by atoms with E-state index in [2.05, 4.69) is 15.2 Å². The maximum atomic E-state index is 13.1. The van der Waals surface area contributed by atoms with Crippen molar-refractivity contribution in [2.75, 3.05) is 43.1 Å². The van der Waals surface area contributed by atoms with E-state index in [1.165, 1.54) is 12.1 Å². The first-order valence-corrected chi connectivity index (χ1v) is 12.1. The van der Waals surface area contributed by atoms with Crippen LogP contribution in [0.3, 0.4) is 0 Å². The summed E-state index contributed by atoms with van der Waals surface area (Å²) in [6.45, 7) is 2.50. The number of morpholine rings is 1. The second-order valence-electron chi connectivity index (χ2n) is 9.35. The Bertz CT molecular complexity index is 1230. The minimum atomic E-state index is -4.64. The third-order valence-corrected chi connectivity index (χ3v) is 6.96. The number of carbonyl (C=O) groups is 1. The van der Waals surface area contributed by atoms with Crippen LogP contribution in [0.2, 0.25) is 0 Å². The minimum absolute atomic E-state index is 0.209. The highest BCUT2D eigenvalue weighted by Crippen LogP contribution is 2.36. The maximum Gasteiger partial charge on any atom is 0.433 e. The molecule has 0 radical (unpaired) electrons. The van der Waals surface area contributed by atoms with Crippen LogP contribution < -0.4 is 10.2 Å². The van der Waals surface area contributed by atoms with Gasteiger partial charge >= 0.3 is 6.18 Å². The molecule has 0 bridgehead atoms. The molecule has 3 aromatic rings. The van der Waals surface area contributed by atoms with E-state index in [1.807, 2.05) is 23.0 Å². The fourth-order valence-electron chi connectivity index (χ4n) is 4.93. The normalized spacial score (nSPS) is 21.1. The van der Waals surface area contributed by atoms with Gasteiger partial charge in [-0.25, -0.2) is 4.98 Å². The number of pyridine rings is 1. The number of aromatic nitrogens is 3. The Kier molecular flexibility index (Phi) is 6.85. The zero-order valence-electron chi connectivity index (χ0n) is 19.7. The van der Waals surface area contributed by atoms with Crippen molar-refractivity contribution in [2.24, 2.45) is 5.92 Å². The molecule has 36 heavy (non-hydrogen) atoms. The maximum absolute atomic E-state index is 13.1. The van der Waals surface area contributed by atoms with E-state index in [4.69, 9.17) is 9.84 Å². The monoisotopic (exact) mass is 503 g/mol. The molecular formula is C25H28F3N5O3. The van der Waals surface area contributed by atoms with Gasteiger partial charge in [0.1, 0.15) is 11.4 Å². The zero-order chi connectivity index (χ0) is 25.3. The number of aliphatic hydroxyl groups is 1. The molecule has 0 atom stereocenters. The predicted octanol–water partition coefficient (Wildman–Crippen LogP) is 4.26. The molecule has 5 rings (SSSR count). The number of nitrogens with one attached hydrogen (secondary N) is 1. The van der Waals surface area contributed by atoms with Crippen LogP contribution in [0, 0.1) is 5.92 Å². The van der Waals surface area contributed by atoms with Crippen LogP contribution in [0.5, 0.6) is 0 Å². The molecule has 1 saturated carbocycles. The number of halogens is 3. The highest BCUT2D eigenvalue weighted by atomic mass is 19.4. The number of nitrogens with zero attached hydrogens (tertiary/aromatic N) is 4. The lowest BCUT2D eigenvalue weighted by atomic mass is 9.87. The molecule has 2 aromatic heterocycles. The van der Waals surface area contributed by atoms with Gasteiger partial charge in [0.15, 0.2) is 0 Å². The first-order chi connectivity index (χ1) is 17.3. The van der Waals surface area contributed by atoms with Crippen molar-refractivity contribution in [3.05, 3.63) is 47.9 Å². The number of ether oxygens (including phenoxy) is 1. The number of aliphatic hydroxyl groups excluding tert-OH is 1. The Morgan fingerprint density at radius 3 is 2.58 bits per heavy atom. The summed E-state index contributed by atoms with van der Waals surface area (Å²) < 4.78 is 46.7. The van der Waals surface area contributed by atoms with Gasteiger partial charge in [0, 0.05) is 31.3 Å². The van der Waals surface area contributed by atoms with Crippen molar-refractivity contribution in [3.63, 3.8) is 0 Å². The van der Waals surface area contributed by atoms with Gasteiger partial charge in [0.05, 0.1) is 36.1 Å². The molecule has 1 amide bonds. The predicted molar refractivity (Wildman–Crippen MR) is 128 cm³/mol. The average Bonchev–Trinajstić information content (AvgIpc) is 3.31. The molecule has 0 spiro atoms. The van der Waals surface area contributed by atoms with Crippen molar-refractivity contribution in [2.45, 2.75) is 37.9 Å². The molecule has 0 unspecified atom stereocenters. The van der Waals surface area contributed by atoms with Crippen molar-refractivity contribution < 1.29 is 27.8 Å². The van der Waals surface area contributed by atoms with E-state index >= 15 is 0 Å². The van der Waals surface area contributed by atoms with Crippen LogP contribution in [0.1, 0.15) is 47.9 Å². The van der Waals surface area contributed by atoms with Gasteiger partial charge in [-0.1, -0.05) is 6.07 Å². The average molecular weight is 504 g/mol. The zero-order valence-corrected chi connectivity index (χ0v) is 19.7. The Morgan fingerprint density at radius 2 is 1.89 bits per heavy atom. The first kappa shape index (κ1) is 24.5. The SMILES string of the molecule is O=C(Nc1cc2cn([C@H]3CC[C@H](CO)CC3)nc2cc1N1CCOCC1)c1cccc(C(F)(F)F)n1. The summed E-state index contributed by atoms with van der Waals surface area (Å²) in [6.07, 6.45) is 1.06. The largest absolute Gasteiger partial charge is 0.433 e. The van der Waals surface area contributed by atoms with Crippen LogP contribution in [-0.2, 0) is 10.9 Å². The number of benzene rings is 1. The standard InChI is InChI=1S/C25H28F3N5O3/c26-25(27,28)23-3-1-2-19(29-23)24(35)30-21-12-17-14-33(18-6-4-16(15-34)5-7-18)31-20(17)13-22(21)32-8-10-36-11-9-32/h1-3,12-14,16,18,34H,4-11,15H2,(H,30,35)/t16-,18-. The summed E-state index contributed by atoms with van der Waals surface area (Å²) in [7, 11) is 0. The van der Waals surface area contributed by atoms with E-state index < -0.39 is 17.8 Å². The molecule has 1 saturated heterocycles. The van der Waals surface area contributed by atoms with E-state index in [9.17, 15) is 23.1 Å². The molecule has 11 heteroatoms. The van der Waals surface area contributed by atoms with Crippen molar-refractivity contribution >= 4 is 28.2 Å². The van der Waals surface area contributed by atoms with Crippen molar-refractivity contribution in [1.82, 2.24) is 14.8 Å². The van der Waals surface area contributed by atoms with Gasteiger partial charge < -0.3 is 20.1 Å². The summed E-state index contributed by atoms with van der Waals surface area (Å²) in [6, 6.07) is 7.23. The van der Waals surface area contributed by atoms with Crippen LogP contribution in [0.15, 0.2) is 36.5 Å². The molecule has 2 aliphatic rings. The number of fused-ring (bicyclic) bond motifs is 1. The van der Waals surface area contributed by atoms with Gasteiger partial charge in [0.25, 0.3) is 5.91 Å². The number of amides is 1. The quantitative estimate of drug-likeness (QED) is 0.541. The topological polar surface area (TPSA) is 92.5 Å². The van der Waals surface area contributed by atoms with Crippen LogP contribution in [-0.4, -0.2) is 58.7 Å². The summed E-state index contributed by atoms with van der Waals surface area (Å²) in [4.78, 5) is 18.5. The van der Waals surface area contributed by atoms with Crippen molar-refractivity contribution in [1.29, 1.82) is 0 Å². The summed E-state index contributed by atoms with van der Waals surface area (Å²) in [5, 5.41) is 17.8. The highest BCUT2D eigenvalue weighted by molar-refractivity contribution is 6.06. The number of rotatable bonds is 5. The van der Waals surface area contributed by atoms with Crippen LogP contribution >= 0.6 is 0 Å². The lowest BCUT2D eigenvalue weighted by Crippen LogP contribution is -2.36. The third kappa shape index (κ3) is 5.17. The fourth-order valence-corrected chi connectivity index (χ4v) is 4.93. The van der Waals surface area contributed by atoms with Gasteiger partial charge in [-0.3, -0.25) is 9.48 Å². The Labute approximate surface area is 206 Å². The molecule has 1 aliphatic heterocycles. The Morgan fingerprint density at radius 1 is 1.14 bits per heavy atom. The summed E-state index contributed by atoms with van der Waals surface area (Å²) in [5.41, 5.74) is 0.568. The molecule has 1 aromatic carbocycles. The molecule has 2 N–H and O–H groups in total. The summed E-state index contributed by atoms with van der Waals surface area (Å²) in [5.74, 6) is -0.380. The number of hydrogen-bond donors (Lipinski definition) is 2. The molecule has 192 valence electrons. The van der Waals surface area contributed by atoms with Gasteiger partial charge in [0.2, 0.25) is 0 Å². The fraction of sp³-hybridized carbons (Fsp3) is 0.480. The highest BCUT2D eigenvalue weighted by Gasteiger charge is 2.33. The number of hydrogen-bond acceptors (Lipinski definition) is 6. The van der Waals surface area contributed by atoms with E-state index in [0.29, 0.717) is 37.9 Å². The van der Waals surface area contributed by atoms with E-state index in [0.717, 1.165) is 48.3 Å². The number of alkyl halides is 3. The summed E-state index contributed by atoms with van der Waals surface area (Å²) >= 11 is 0. The number of carbonyl (C=O) groups excluding carboxylic acids is 1. The van der Waals surface area contributed by atoms with Gasteiger partial charge in [-0.2, -0.15) is 18.3 Å². The second-order valence-corrected chi connectivity index (χ2v) is 9.35. The Hall–Kier alpha value is -3.18. The molecule has 1 aliphatic carbocycles. The lowest BCUT2D eigenvalue weighted by Gasteiger charge is -2.30. The molecule has 2 fully saturated rings. The van der Waals surface area contributed by atoms with Crippen molar-refractivity contribution in [3.8, 4) is 0 Å². The first-order valence-electron chi connectivity index (χ1n) is 12.1. The van der Waals surface area contributed by atoms with Gasteiger partial charge in [-0.05, 0) is 55.9 Å². The second kappa shape index (κ2) is 10.1. The molecule has 8 nitrogen and oxygen atoms in total. The van der Waals surface area contributed by atoms with Crippen LogP contribution in [0.25, 0.3) is 10.9 Å². The van der Waals surface area contributed by atoms with Gasteiger partial charge in [-0.15, -0.1) is 0 Å². The van der Waals surface area contributed by atoms with E-state index in [1.54, 1.807) is 0 Å². The third-order valence-electron chi connectivity index (χ3n) is 6.96. The van der Waals surface area contributed by atoms with E-state index in [-0.39, 0.29) is 18.3 Å². The Balaban J connectivity index is 1.46. The molecular weight excluding hydrogens is 475 g/mol. The molecule has 3 heterocycles. The smallest absolute Gasteiger partial charge is 0.396 e. The van der Waals surface area contributed by atoms with Crippen LogP contribution in [0.4, 0.5) is 24.5 Å².